The number of aromatic nitrogens is 2. The molecule has 0 bridgehead atoms. The van der Waals surface area contributed by atoms with E-state index in [-0.39, 0.29) is 42.9 Å². The van der Waals surface area contributed by atoms with Gasteiger partial charge in [0.2, 0.25) is 5.91 Å². The van der Waals surface area contributed by atoms with Gasteiger partial charge in [0.15, 0.2) is 17.3 Å². The van der Waals surface area contributed by atoms with Crippen molar-refractivity contribution in [2.75, 3.05) is 0 Å². The Hall–Kier alpha value is -4.35. The number of rotatable bonds is 6. The van der Waals surface area contributed by atoms with Gasteiger partial charge in [-0.2, -0.15) is 0 Å². The Morgan fingerprint density at radius 2 is 1.77 bits per heavy atom. The van der Waals surface area contributed by atoms with Crippen molar-refractivity contribution in [1.29, 1.82) is 0 Å². The number of benzene rings is 2. The van der Waals surface area contributed by atoms with Crippen molar-refractivity contribution >= 4 is 18.0 Å². The second kappa shape index (κ2) is 10.8. The van der Waals surface area contributed by atoms with Crippen molar-refractivity contribution in [2.45, 2.75) is 58.3 Å². The number of hydrogen-bond donors (Lipinski definition) is 2. The lowest BCUT2D eigenvalue weighted by Gasteiger charge is -2.26. The number of nitrogens with one attached hydrogen (secondary N) is 1. The molecule has 1 aliphatic rings. The Morgan fingerprint density at radius 3 is 2.46 bits per heavy atom. The van der Waals surface area contributed by atoms with E-state index in [0.717, 1.165) is 5.56 Å². The number of amides is 2. The highest BCUT2D eigenvalue weighted by Crippen LogP contribution is 2.27. The number of aromatic carboxylic acids is 1. The monoisotopic (exact) mass is 544 g/mol. The standard InChI is InChI=1S/C27H27F3N4O5/c1-27(2,3)39-26(38)32-17(8-16-9-19(29)20(30)11-18(16)28)10-23(35)33-12-15-6-4-5-7-21(15)34-14-31-24(25(36)37)22(34)13-33/h4-7,9,11,14,17H,8,10,12-13H2,1-3H3,(H,32,38)(H,36,37). The zero-order valence-corrected chi connectivity index (χ0v) is 21.5. The van der Waals surface area contributed by atoms with Gasteiger partial charge in [-0.3, -0.25) is 4.79 Å². The van der Waals surface area contributed by atoms with Crippen molar-refractivity contribution in [3.63, 3.8) is 0 Å². The highest BCUT2D eigenvalue weighted by molar-refractivity contribution is 5.87. The van der Waals surface area contributed by atoms with Gasteiger partial charge < -0.3 is 24.6 Å². The van der Waals surface area contributed by atoms with Gasteiger partial charge in [0.25, 0.3) is 0 Å². The van der Waals surface area contributed by atoms with E-state index in [4.69, 9.17) is 4.74 Å². The van der Waals surface area contributed by atoms with Gasteiger partial charge in [0.1, 0.15) is 17.7 Å². The minimum absolute atomic E-state index is 0.103. The van der Waals surface area contributed by atoms with Gasteiger partial charge in [0.05, 0.1) is 17.9 Å². The second-order valence-corrected chi connectivity index (χ2v) is 10.2. The summed E-state index contributed by atoms with van der Waals surface area (Å²) in [4.78, 5) is 43.3. The van der Waals surface area contributed by atoms with Crippen LogP contribution >= 0.6 is 0 Å². The predicted octanol–water partition coefficient (Wildman–Crippen LogP) is 4.36. The largest absolute Gasteiger partial charge is 0.476 e. The van der Waals surface area contributed by atoms with E-state index in [1.165, 1.54) is 11.2 Å². The summed E-state index contributed by atoms with van der Waals surface area (Å²) < 4.78 is 48.7. The van der Waals surface area contributed by atoms with Crippen LogP contribution < -0.4 is 5.32 Å². The molecule has 12 heteroatoms. The summed E-state index contributed by atoms with van der Waals surface area (Å²) in [5, 5.41) is 12.2. The molecule has 1 aromatic heterocycles. The molecule has 2 N–H and O–H groups in total. The predicted molar refractivity (Wildman–Crippen MR) is 133 cm³/mol. The van der Waals surface area contributed by atoms with Gasteiger partial charge in [-0.05, 0) is 50.5 Å². The third-order valence-corrected chi connectivity index (χ3v) is 6.07. The molecule has 0 saturated carbocycles. The second-order valence-electron chi connectivity index (χ2n) is 10.2. The number of carbonyl (C=O) groups excluding carboxylic acids is 2. The maximum Gasteiger partial charge on any atom is 0.407 e. The van der Waals surface area contributed by atoms with Crippen LogP contribution in [-0.2, 0) is 29.0 Å². The first-order valence-corrected chi connectivity index (χ1v) is 12.1. The lowest BCUT2D eigenvalue weighted by Crippen LogP contribution is -2.43. The summed E-state index contributed by atoms with van der Waals surface area (Å²) in [5.41, 5.74) is 0.347. The van der Waals surface area contributed by atoms with E-state index in [2.05, 4.69) is 10.3 Å². The Kier molecular flexibility index (Phi) is 7.66. The lowest BCUT2D eigenvalue weighted by molar-refractivity contribution is -0.133. The van der Waals surface area contributed by atoms with Crippen molar-refractivity contribution in [1.82, 2.24) is 19.8 Å². The molecule has 4 rings (SSSR count). The van der Waals surface area contributed by atoms with Crippen molar-refractivity contribution in [3.8, 4) is 5.69 Å². The van der Waals surface area contributed by atoms with Gasteiger partial charge >= 0.3 is 12.1 Å². The molecule has 0 aliphatic carbocycles. The summed E-state index contributed by atoms with van der Waals surface area (Å²) in [6.07, 6.45) is -0.201. The number of para-hydroxylation sites is 1. The first kappa shape index (κ1) is 27.7. The molecule has 1 aliphatic heterocycles. The molecular weight excluding hydrogens is 517 g/mol. The number of imidazole rings is 1. The summed E-state index contributed by atoms with van der Waals surface area (Å²) in [6.45, 7) is 4.93. The van der Waals surface area contributed by atoms with Gasteiger partial charge in [-0.25, -0.2) is 27.7 Å². The van der Waals surface area contributed by atoms with E-state index >= 15 is 0 Å². The highest BCUT2D eigenvalue weighted by Gasteiger charge is 2.30. The number of carboxylic acids is 1. The summed E-state index contributed by atoms with van der Waals surface area (Å²) >= 11 is 0. The average molecular weight is 545 g/mol. The van der Waals surface area contributed by atoms with E-state index in [9.17, 15) is 32.7 Å². The molecule has 2 amide bonds. The number of nitrogens with zero attached hydrogens (tertiary/aromatic N) is 3. The van der Waals surface area contributed by atoms with Crippen LogP contribution in [0.3, 0.4) is 0 Å². The SMILES string of the molecule is CC(C)(C)OC(=O)NC(CC(=O)N1Cc2ccccc2-n2cnc(C(=O)O)c2C1)Cc1cc(F)c(F)cc1F. The first-order valence-electron chi connectivity index (χ1n) is 12.1. The number of hydrogen-bond acceptors (Lipinski definition) is 5. The highest BCUT2D eigenvalue weighted by atomic mass is 19.2. The van der Waals surface area contributed by atoms with E-state index < -0.39 is 47.1 Å². The Morgan fingerprint density at radius 1 is 1.08 bits per heavy atom. The van der Waals surface area contributed by atoms with Crippen molar-refractivity contribution < 1.29 is 37.4 Å². The molecule has 0 saturated heterocycles. The van der Waals surface area contributed by atoms with Gasteiger partial charge in [-0.1, -0.05) is 18.2 Å². The van der Waals surface area contributed by atoms with Gasteiger partial charge in [-0.15, -0.1) is 0 Å². The third-order valence-electron chi connectivity index (χ3n) is 6.07. The van der Waals surface area contributed by atoms with Crippen molar-refractivity contribution in [3.05, 3.63) is 82.7 Å². The Balaban J connectivity index is 1.63. The molecule has 3 aromatic rings. The van der Waals surface area contributed by atoms with Crippen LogP contribution in [0.25, 0.3) is 5.69 Å². The van der Waals surface area contributed by atoms with Crippen LogP contribution in [0, 0.1) is 17.5 Å². The minimum atomic E-state index is -1.36. The molecule has 2 aromatic carbocycles. The molecule has 9 nitrogen and oxygen atoms in total. The fraction of sp³-hybridized carbons (Fsp3) is 0.333. The lowest BCUT2D eigenvalue weighted by atomic mass is 10.0. The first-order chi connectivity index (χ1) is 18.3. The third kappa shape index (κ3) is 6.39. The summed E-state index contributed by atoms with van der Waals surface area (Å²) in [5.74, 6) is -5.42. The number of fused-ring (bicyclic) bond motifs is 3. The fourth-order valence-corrected chi connectivity index (χ4v) is 4.38. The molecule has 206 valence electrons. The van der Waals surface area contributed by atoms with Crippen LogP contribution in [0.5, 0.6) is 0 Å². The van der Waals surface area contributed by atoms with Crippen LogP contribution in [0.1, 0.15) is 54.5 Å². The molecule has 1 unspecified atom stereocenters. The van der Waals surface area contributed by atoms with Crippen LogP contribution in [-0.4, -0.2) is 49.2 Å². The molecular formula is C27H27F3N4O5. The van der Waals surface area contributed by atoms with Crippen LogP contribution in [0.2, 0.25) is 0 Å². The average Bonchev–Trinajstić information content (AvgIpc) is 3.17. The summed E-state index contributed by atoms with van der Waals surface area (Å²) in [7, 11) is 0. The quantitative estimate of drug-likeness (QED) is 0.446. The van der Waals surface area contributed by atoms with Crippen LogP contribution in [0.15, 0.2) is 42.7 Å². The normalized spacial score (nSPS) is 13.6. The van der Waals surface area contributed by atoms with Crippen LogP contribution in [0.4, 0.5) is 18.0 Å². The Labute approximate surface area is 222 Å². The molecule has 2 heterocycles. The maximum atomic E-state index is 14.4. The van der Waals surface area contributed by atoms with Crippen molar-refractivity contribution in [2.24, 2.45) is 0 Å². The topological polar surface area (TPSA) is 114 Å². The van der Waals surface area contributed by atoms with E-state index in [1.54, 1.807) is 49.6 Å². The number of carboxylic acid groups (broad SMARTS) is 1. The van der Waals surface area contributed by atoms with E-state index in [1.807, 2.05) is 0 Å². The number of halogens is 3. The molecule has 0 radical (unpaired) electrons. The van der Waals surface area contributed by atoms with E-state index in [0.29, 0.717) is 17.8 Å². The Bertz CT molecular complexity index is 1430. The number of alkyl carbamates (subject to hydrolysis) is 1. The van der Waals surface area contributed by atoms with Gasteiger partial charge in [0, 0.05) is 25.1 Å². The minimum Gasteiger partial charge on any atom is -0.476 e. The molecule has 39 heavy (non-hydrogen) atoms. The maximum absolute atomic E-state index is 14.4. The number of carbonyl (C=O) groups is 3. The zero-order chi connectivity index (χ0) is 28.5. The molecule has 0 fully saturated rings. The molecule has 0 spiro atoms. The smallest absolute Gasteiger partial charge is 0.407 e. The summed E-state index contributed by atoms with van der Waals surface area (Å²) in [6, 6.07) is 7.14. The number of ether oxygens (including phenoxy) is 1. The zero-order valence-electron chi connectivity index (χ0n) is 21.5. The molecule has 1 atom stereocenters. The fourth-order valence-electron chi connectivity index (χ4n) is 4.38.